The summed E-state index contributed by atoms with van der Waals surface area (Å²) in [5.74, 6) is 0.672. The molecule has 2 rings (SSSR count). The van der Waals surface area contributed by atoms with Gasteiger partial charge in [0.05, 0.1) is 5.75 Å². The Labute approximate surface area is 193 Å². The Morgan fingerprint density at radius 1 is 1.03 bits per heavy atom. The molecule has 0 saturated carbocycles. The van der Waals surface area contributed by atoms with Gasteiger partial charge < -0.3 is 10.2 Å². The number of nitrogens with one attached hydrogen (secondary N) is 1. The van der Waals surface area contributed by atoms with Gasteiger partial charge in [-0.2, -0.15) is 0 Å². The molecule has 0 spiro atoms. The smallest absolute Gasteiger partial charge is 0.242 e. The quantitative estimate of drug-likeness (QED) is 0.498. The van der Waals surface area contributed by atoms with E-state index in [2.05, 4.69) is 5.32 Å². The Morgan fingerprint density at radius 2 is 1.67 bits per heavy atom. The van der Waals surface area contributed by atoms with Crippen LogP contribution in [0.5, 0.6) is 0 Å². The highest BCUT2D eigenvalue weighted by Crippen LogP contribution is 2.27. The molecule has 0 fully saturated rings. The van der Waals surface area contributed by atoms with Crippen molar-refractivity contribution in [3.63, 3.8) is 0 Å². The van der Waals surface area contributed by atoms with Crippen molar-refractivity contribution in [1.29, 1.82) is 0 Å². The molecule has 0 aliphatic carbocycles. The van der Waals surface area contributed by atoms with Gasteiger partial charge in [0.15, 0.2) is 0 Å². The topological polar surface area (TPSA) is 49.4 Å². The molecule has 4 nitrogen and oxygen atoms in total. The number of hydrogen-bond donors (Lipinski definition) is 1. The van der Waals surface area contributed by atoms with Crippen LogP contribution in [0.25, 0.3) is 0 Å². The third-order valence-electron chi connectivity index (χ3n) is 4.90. The SMILES string of the molecule is CC[C@@H](C)NC(=O)[C@@H](C)N(Cc1c(Cl)cccc1Cl)C(=O)CSCc1ccccc1. The Balaban J connectivity index is 2.14. The van der Waals surface area contributed by atoms with Crippen molar-refractivity contribution < 1.29 is 9.59 Å². The first-order valence-electron chi connectivity index (χ1n) is 9.97. The fourth-order valence-corrected chi connectivity index (χ4v) is 4.20. The highest BCUT2D eigenvalue weighted by atomic mass is 35.5. The van der Waals surface area contributed by atoms with E-state index < -0.39 is 6.04 Å². The molecule has 162 valence electrons. The van der Waals surface area contributed by atoms with Crippen molar-refractivity contribution >= 4 is 46.8 Å². The average molecular weight is 467 g/mol. The fraction of sp³-hybridized carbons (Fsp3) is 0.391. The predicted molar refractivity (Wildman–Crippen MR) is 127 cm³/mol. The maximum atomic E-state index is 13.1. The monoisotopic (exact) mass is 466 g/mol. The van der Waals surface area contributed by atoms with E-state index in [1.165, 1.54) is 11.8 Å². The number of hydrogen-bond acceptors (Lipinski definition) is 3. The second-order valence-electron chi connectivity index (χ2n) is 7.19. The largest absolute Gasteiger partial charge is 0.352 e. The van der Waals surface area contributed by atoms with Gasteiger partial charge in [0.25, 0.3) is 0 Å². The summed E-state index contributed by atoms with van der Waals surface area (Å²) >= 11 is 14.2. The molecule has 1 N–H and O–H groups in total. The summed E-state index contributed by atoms with van der Waals surface area (Å²) in [7, 11) is 0. The standard InChI is InChI=1S/C23H28Cl2N2O2S/c1-4-16(2)26-23(29)17(3)27(13-19-20(24)11-8-12-21(19)25)22(28)15-30-14-18-9-6-5-7-10-18/h5-12,16-17H,4,13-15H2,1-3H3,(H,26,29)/t16-,17-/m1/s1. The van der Waals surface area contributed by atoms with E-state index >= 15 is 0 Å². The second-order valence-corrected chi connectivity index (χ2v) is 8.99. The highest BCUT2D eigenvalue weighted by Gasteiger charge is 2.27. The van der Waals surface area contributed by atoms with Crippen LogP contribution in [-0.2, 0) is 21.9 Å². The molecule has 7 heteroatoms. The Bertz CT molecular complexity index is 828. The maximum absolute atomic E-state index is 13.1. The fourth-order valence-electron chi connectivity index (χ4n) is 2.82. The van der Waals surface area contributed by atoms with Gasteiger partial charge in [-0.3, -0.25) is 9.59 Å². The number of benzene rings is 2. The van der Waals surface area contributed by atoms with Crippen LogP contribution in [0.15, 0.2) is 48.5 Å². The molecule has 0 heterocycles. The lowest BCUT2D eigenvalue weighted by atomic mass is 10.1. The lowest BCUT2D eigenvalue weighted by Gasteiger charge is -2.30. The molecule has 2 amide bonds. The van der Waals surface area contributed by atoms with Crippen LogP contribution in [0.3, 0.4) is 0 Å². The zero-order valence-corrected chi connectivity index (χ0v) is 19.9. The predicted octanol–water partition coefficient (Wildman–Crippen LogP) is 5.56. The van der Waals surface area contributed by atoms with Gasteiger partial charge in [-0.05, 0) is 38.0 Å². The van der Waals surface area contributed by atoms with Gasteiger partial charge in [-0.25, -0.2) is 0 Å². The molecule has 0 radical (unpaired) electrons. The second kappa shape index (κ2) is 12.2. The highest BCUT2D eigenvalue weighted by molar-refractivity contribution is 7.99. The van der Waals surface area contributed by atoms with E-state index in [0.29, 0.717) is 15.6 Å². The van der Waals surface area contributed by atoms with Crippen LogP contribution in [0.4, 0.5) is 0 Å². The molecule has 2 aromatic carbocycles. The van der Waals surface area contributed by atoms with Crippen LogP contribution < -0.4 is 5.32 Å². The van der Waals surface area contributed by atoms with Crippen LogP contribution in [0.1, 0.15) is 38.3 Å². The summed E-state index contributed by atoms with van der Waals surface area (Å²) < 4.78 is 0. The van der Waals surface area contributed by atoms with E-state index in [-0.39, 0.29) is 30.2 Å². The molecule has 2 aromatic rings. The van der Waals surface area contributed by atoms with Gasteiger partial charge in [-0.15, -0.1) is 11.8 Å². The van der Waals surface area contributed by atoms with Crippen molar-refractivity contribution in [2.75, 3.05) is 5.75 Å². The van der Waals surface area contributed by atoms with Crippen molar-refractivity contribution in [2.24, 2.45) is 0 Å². The van der Waals surface area contributed by atoms with E-state index in [1.807, 2.05) is 44.2 Å². The van der Waals surface area contributed by atoms with Gasteiger partial charge in [0.1, 0.15) is 6.04 Å². The lowest BCUT2D eigenvalue weighted by molar-refractivity contribution is -0.138. The Morgan fingerprint density at radius 3 is 2.27 bits per heavy atom. The van der Waals surface area contributed by atoms with Crippen molar-refractivity contribution in [2.45, 2.75) is 51.6 Å². The van der Waals surface area contributed by atoms with Gasteiger partial charge >= 0.3 is 0 Å². The number of halogens is 2. The molecule has 0 aromatic heterocycles. The summed E-state index contributed by atoms with van der Waals surface area (Å²) in [6.07, 6.45) is 0.815. The molecule has 0 aliphatic rings. The molecule has 0 bridgehead atoms. The Hall–Kier alpha value is -1.69. The molecule has 2 atom stereocenters. The average Bonchev–Trinajstić information content (AvgIpc) is 2.73. The maximum Gasteiger partial charge on any atom is 0.242 e. The van der Waals surface area contributed by atoms with Crippen molar-refractivity contribution in [3.8, 4) is 0 Å². The van der Waals surface area contributed by atoms with Crippen molar-refractivity contribution in [3.05, 3.63) is 69.7 Å². The Kier molecular flexibility index (Phi) is 10.0. The number of carbonyl (C=O) groups is 2. The van der Waals surface area contributed by atoms with Crippen LogP contribution in [0.2, 0.25) is 10.0 Å². The van der Waals surface area contributed by atoms with E-state index in [1.54, 1.807) is 30.0 Å². The molecule has 0 unspecified atom stereocenters. The third-order valence-corrected chi connectivity index (χ3v) is 6.59. The van der Waals surface area contributed by atoms with E-state index in [0.717, 1.165) is 17.7 Å². The molecule has 0 aliphatic heterocycles. The van der Waals surface area contributed by atoms with Gasteiger partial charge in [0, 0.05) is 33.9 Å². The van der Waals surface area contributed by atoms with Gasteiger partial charge in [-0.1, -0.05) is 66.5 Å². The normalized spacial score (nSPS) is 12.8. The van der Waals surface area contributed by atoms with Gasteiger partial charge in [0.2, 0.25) is 11.8 Å². The summed E-state index contributed by atoms with van der Waals surface area (Å²) in [6.45, 7) is 5.86. The first kappa shape index (κ1) is 24.6. The molecular weight excluding hydrogens is 439 g/mol. The van der Waals surface area contributed by atoms with Crippen LogP contribution in [0, 0.1) is 0 Å². The van der Waals surface area contributed by atoms with Crippen LogP contribution >= 0.6 is 35.0 Å². The molecular formula is C23H28Cl2N2O2S. The first-order chi connectivity index (χ1) is 14.3. The molecule has 30 heavy (non-hydrogen) atoms. The minimum Gasteiger partial charge on any atom is -0.352 e. The summed E-state index contributed by atoms with van der Waals surface area (Å²) in [5, 5.41) is 3.91. The first-order valence-corrected chi connectivity index (χ1v) is 11.9. The van der Waals surface area contributed by atoms with E-state index in [4.69, 9.17) is 23.2 Å². The lowest BCUT2D eigenvalue weighted by Crippen LogP contribution is -2.50. The number of thioether (sulfide) groups is 1. The zero-order chi connectivity index (χ0) is 22.1. The zero-order valence-electron chi connectivity index (χ0n) is 17.5. The minimum atomic E-state index is -0.642. The van der Waals surface area contributed by atoms with Crippen molar-refractivity contribution in [1.82, 2.24) is 10.2 Å². The number of carbonyl (C=O) groups excluding carboxylic acids is 2. The number of rotatable bonds is 10. The summed E-state index contributed by atoms with van der Waals surface area (Å²) in [6, 6.07) is 14.6. The molecule has 0 saturated heterocycles. The van der Waals surface area contributed by atoms with E-state index in [9.17, 15) is 9.59 Å². The summed E-state index contributed by atoms with van der Waals surface area (Å²) in [4.78, 5) is 27.4. The third kappa shape index (κ3) is 7.22. The minimum absolute atomic E-state index is 0.0354. The van der Waals surface area contributed by atoms with Crippen LogP contribution in [-0.4, -0.2) is 34.6 Å². The number of nitrogens with zero attached hydrogens (tertiary/aromatic N) is 1. The summed E-state index contributed by atoms with van der Waals surface area (Å²) in [5.41, 5.74) is 1.80. The number of amides is 2.